The molecule has 0 aliphatic heterocycles. The van der Waals surface area contributed by atoms with Crippen molar-refractivity contribution in [1.82, 2.24) is 14.5 Å². The molecule has 2 aromatic rings. The summed E-state index contributed by atoms with van der Waals surface area (Å²) in [4.78, 5) is 8.44. The van der Waals surface area contributed by atoms with E-state index in [1.807, 2.05) is 17.6 Å². The van der Waals surface area contributed by atoms with Gasteiger partial charge in [-0.05, 0) is 28.9 Å². The highest BCUT2D eigenvalue weighted by molar-refractivity contribution is 9.10. The van der Waals surface area contributed by atoms with Crippen LogP contribution < -0.4 is 5.73 Å². The number of aromatic nitrogens is 3. The number of aryl methyl sites for hydroxylation is 1. The lowest BCUT2D eigenvalue weighted by Crippen LogP contribution is -2.01. The van der Waals surface area contributed by atoms with E-state index in [1.54, 1.807) is 6.20 Å². The van der Waals surface area contributed by atoms with Gasteiger partial charge >= 0.3 is 0 Å². The monoisotopic (exact) mass is 240 g/mol. The fraction of sp³-hybridized carbons (Fsp3) is 0.250. The fourth-order valence-corrected chi connectivity index (χ4v) is 1.63. The summed E-state index contributed by atoms with van der Waals surface area (Å²) >= 11 is 3.34. The number of anilines is 1. The van der Waals surface area contributed by atoms with Crippen molar-refractivity contribution in [3.8, 4) is 0 Å². The first-order valence-corrected chi connectivity index (χ1v) is 4.79. The first kappa shape index (κ1) is 8.50. The van der Waals surface area contributed by atoms with Gasteiger partial charge in [-0.2, -0.15) is 0 Å². The van der Waals surface area contributed by atoms with E-state index in [-0.39, 0.29) is 0 Å². The number of nitrogens with two attached hydrogens (primary N) is 1. The Morgan fingerprint density at radius 3 is 3.08 bits per heavy atom. The van der Waals surface area contributed by atoms with Crippen molar-refractivity contribution in [2.75, 3.05) is 5.73 Å². The maximum Gasteiger partial charge on any atom is 0.202 e. The summed E-state index contributed by atoms with van der Waals surface area (Å²) in [5, 5.41) is 0. The Labute approximate surface area is 83.9 Å². The predicted molar refractivity (Wildman–Crippen MR) is 55.3 cm³/mol. The standard InChI is InChI=1S/C8H9BrN4/c1-2-13-7-6(12-8(13)10)3-5(9)4-11-7/h3-4H,2H2,1H3,(H2,10,12). The summed E-state index contributed by atoms with van der Waals surface area (Å²) in [5.74, 6) is 0.517. The van der Waals surface area contributed by atoms with Crippen LogP contribution in [0.4, 0.5) is 5.95 Å². The number of hydrogen-bond acceptors (Lipinski definition) is 3. The molecule has 2 heterocycles. The van der Waals surface area contributed by atoms with Crippen molar-refractivity contribution < 1.29 is 0 Å². The number of hydrogen-bond donors (Lipinski definition) is 1. The molecular weight excluding hydrogens is 232 g/mol. The largest absolute Gasteiger partial charge is 0.369 e. The second-order valence-corrected chi connectivity index (χ2v) is 3.63. The second kappa shape index (κ2) is 2.99. The molecule has 0 bridgehead atoms. The van der Waals surface area contributed by atoms with Gasteiger partial charge in [0, 0.05) is 17.2 Å². The molecule has 0 fully saturated rings. The first-order chi connectivity index (χ1) is 6.22. The van der Waals surface area contributed by atoms with Crippen molar-refractivity contribution in [1.29, 1.82) is 0 Å². The van der Waals surface area contributed by atoms with E-state index in [0.29, 0.717) is 5.95 Å². The SMILES string of the molecule is CCn1c(N)nc2cc(Br)cnc21. The molecule has 4 nitrogen and oxygen atoms in total. The van der Waals surface area contributed by atoms with E-state index in [9.17, 15) is 0 Å². The third kappa shape index (κ3) is 1.29. The van der Waals surface area contributed by atoms with E-state index >= 15 is 0 Å². The molecule has 0 amide bonds. The Balaban J connectivity index is 2.79. The Morgan fingerprint density at radius 2 is 2.38 bits per heavy atom. The number of pyridine rings is 1. The molecule has 68 valence electrons. The zero-order valence-corrected chi connectivity index (χ0v) is 8.74. The van der Waals surface area contributed by atoms with Gasteiger partial charge in [0.15, 0.2) is 5.65 Å². The summed E-state index contributed by atoms with van der Waals surface area (Å²) in [6.45, 7) is 2.80. The van der Waals surface area contributed by atoms with Gasteiger partial charge in [-0.3, -0.25) is 4.57 Å². The van der Waals surface area contributed by atoms with Crippen LogP contribution in [0.5, 0.6) is 0 Å². The molecule has 13 heavy (non-hydrogen) atoms. The molecule has 5 heteroatoms. The van der Waals surface area contributed by atoms with Crippen LogP contribution in [0.2, 0.25) is 0 Å². The van der Waals surface area contributed by atoms with Crippen LogP contribution >= 0.6 is 15.9 Å². The van der Waals surface area contributed by atoms with Gasteiger partial charge in [0.1, 0.15) is 5.52 Å². The van der Waals surface area contributed by atoms with Crippen molar-refractivity contribution in [3.05, 3.63) is 16.7 Å². The average Bonchev–Trinajstić information content (AvgIpc) is 2.39. The molecule has 0 spiro atoms. The molecular formula is C8H9BrN4. The number of fused-ring (bicyclic) bond motifs is 1. The predicted octanol–water partition coefficient (Wildman–Crippen LogP) is 1.80. The maximum atomic E-state index is 5.71. The highest BCUT2D eigenvalue weighted by Crippen LogP contribution is 2.18. The fourth-order valence-electron chi connectivity index (χ4n) is 1.32. The van der Waals surface area contributed by atoms with Gasteiger partial charge < -0.3 is 5.73 Å². The molecule has 2 N–H and O–H groups in total. The highest BCUT2D eigenvalue weighted by atomic mass is 79.9. The molecule has 0 unspecified atom stereocenters. The van der Waals surface area contributed by atoms with E-state index in [1.165, 1.54) is 0 Å². The quantitative estimate of drug-likeness (QED) is 0.828. The van der Waals surface area contributed by atoms with E-state index in [2.05, 4.69) is 25.9 Å². The van der Waals surface area contributed by atoms with Crippen LogP contribution in [-0.4, -0.2) is 14.5 Å². The molecule has 0 aromatic carbocycles. The lowest BCUT2D eigenvalue weighted by atomic mass is 10.4. The Hall–Kier alpha value is -1.10. The van der Waals surface area contributed by atoms with E-state index in [0.717, 1.165) is 22.2 Å². The Morgan fingerprint density at radius 1 is 1.62 bits per heavy atom. The number of imidazole rings is 1. The summed E-state index contributed by atoms with van der Waals surface area (Å²) < 4.78 is 2.79. The van der Waals surface area contributed by atoms with Gasteiger partial charge in [-0.1, -0.05) is 0 Å². The molecule has 0 aliphatic carbocycles. The lowest BCUT2D eigenvalue weighted by molar-refractivity contribution is 0.791. The topological polar surface area (TPSA) is 56.7 Å². The van der Waals surface area contributed by atoms with Gasteiger partial charge in [-0.15, -0.1) is 0 Å². The molecule has 0 saturated carbocycles. The lowest BCUT2D eigenvalue weighted by Gasteiger charge is -1.99. The van der Waals surface area contributed by atoms with Gasteiger partial charge in [0.05, 0.1) is 0 Å². The van der Waals surface area contributed by atoms with Gasteiger partial charge in [0.2, 0.25) is 5.95 Å². The molecule has 0 saturated heterocycles. The number of nitrogen functional groups attached to an aromatic ring is 1. The minimum Gasteiger partial charge on any atom is -0.369 e. The van der Waals surface area contributed by atoms with Crippen molar-refractivity contribution in [2.45, 2.75) is 13.5 Å². The van der Waals surface area contributed by atoms with Crippen molar-refractivity contribution in [3.63, 3.8) is 0 Å². The zero-order valence-electron chi connectivity index (χ0n) is 7.16. The van der Waals surface area contributed by atoms with Crippen molar-refractivity contribution in [2.24, 2.45) is 0 Å². The third-order valence-corrected chi connectivity index (χ3v) is 2.33. The molecule has 0 atom stereocenters. The Kier molecular flexibility index (Phi) is 1.95. The maximum absolute atomic E-state index is 5.71. The zero-order chi connectivity index (χ0) is 9.42. The van der Waals surface area contributed by atoms with Crippen LogP contribution in [-0.2, 0) is 6.54 Å². The second-order valence-electron chi connectivity index (χ2n) is 2.71. The van der Waals surface area contributed by atoms with Crippen LogP contribution in [0.15, 0.2) is 16.7 Å². The summed E-state index contributed by atoms with van der Waals surface area (Å²) in [5.41, 5.74) is 7.37. The summed E-state index contributed by atoms with van der Waals surface area (Å²) in [6.07, 6.45) is 1.75. The van der Waals surface area contributed by atoms with Gasteiger partial charge in [0.25, 0.3) is 0 Å². The van der Waals surface area contributed by atoms with E-state index in [4.69, 9.17) is 5.73 Å². The highest BCUT2D eigenvalue weighted by Gasteiger charge is 2.07. The molecule has 2 aromatic heterocycles. The minimum atomic E-state index is 0.517. The normalized spacial score (nSPS) is 10.9. The molecule has 0 radical (unpaired) electrons. The van der Waals surface area contributed by atoms with Crippen molar-refractivity contribution >= 4 is 33.0 Å². The van der Waals surface area contributed by atoms with Crippen LogP contribution in [0.25, 0.3) is 11.2 Å². The number of nitrogens with zero attached hydrogens (tertiary/aromatic N) is 3. The third-order valence-electron chi connectivity index (χ3n) is 1.90. The molecule has 2 rings (SSSR count). The smallest absolute Gasteiger partial charge is 0.202 e. The number of rotatable bonds is 1. The van der Waals surface area contributed by atoms with Gasteiger partial charge in [-0.25, -0.2) is 9.97 Å². The Bertz CT molecular complexity index is 449. The van der Waals surface area contributed by atoms with E-state index < -0.39 is 0 Å². The molecule has 0 aliphatic rings. The average molecular weight is 241 g/mol. The minimum absolute atomic E-state index is 0.517. The van der Waals surface area contributed by atoms with Crippen LogP contribution in [0, 0.1) is 0 Å². The summed E-state index contributed by atoms with van der Waals surface area (Å²) in [7, 11) is 0. The van der Waals surface area contributed by atoms with Crippen LogP contribution in [0.3, 0.4) is 0 Å². The number of halogens is 1. The van der Waals surface area contributed by atoms with Crippen LogP contribution in [0.1, 0.15) is 6.92 Å². The first-order valence-electron chi connectivity index (χ1n) is 3.99. The summed E-state index contributed by atoms with van der Waals surface area (Å²) in [6, 6.07) is 1.91.